The first-order chi connectivity index (χ1) is 6.24. The number of carbonyl (C=O) groups excluding carboxylic acids is 1. The topological polar surface area (TPSA) is 26.3 Å². The first-order valence-electron chi connectivity index (χ1n) is 4.38. The number of Topliss-reactive ketones (excluding diaryl/α,β-unsaturated/α-hetero) is 1. The molecule has 1 aliphatic heterocycles. The van der Waals surface area contributed by atoms with Crippen LogP contribution in [0.25, 0.3) is 0 Å². The zero-order valence-corrected chi connectivity index (χ0v) is 7.77. The number of allylic oxidation sites excluding steroid dienone is 4. The molecular formula is C11H14O2. The molecule has 0 radical (unpaired) electrons. The van der Waals surface area contributed by atoms with Crippen LogP contribution in [0.5, 0.6) is 0 Å². The van der Waals surface area contributed by atoms with Crippen molar-refractivity contribution >= 4 is 5.78 Å². The van der Waals surface area contributed by atoms with Gasteiger partial charge in [0.15, 0.2) is 5.78 Å². The fourth-order valence-electron chi connectivity index (χ4n) is 1.23. The van der Waals surface area contributed by atoms with Crippen molar-refractivity contribution in [1.82, 2.24) is 0 Å². The van der Waals surface area contributed by atoms with E-state index in [-0.39, 0.29) is 18.0 Å². The van der Waals surface area contributed by atoms with Crippen LogP contribution < -0.4 is 0 Å². The summed E-state index contributed by atoms with van der Waals surface area (Å²) >= 11 is 0. The SMILES string of the molecule is C=CC=CC=CC1OC(C)CC1=O. The van der Waals surface area contributed by atoms with Crippen LogP contribution in [0.15, 0.2) is 37.0 Å². The molecule has 2 heteroatoms. The van der Waals surface area contributed by atoms with Crippen molar-refractivity contribution in [3.05, 3.63) is 37.0 Å². The molecule has 0 saturated carbocycles. The highest BCUT2D eigenvalue weighted by Gasteiger charge is 2.27. The zero-order chi connectivity index (χ0) is 9.68. The van der Waals surface area contributed by atoms with Gasteiger partial charge in [-0.1, -0.05) is 30.9 Å². The molecule has 0 spiro atoms. The monoisotopic (exact) mass is 178 g/mol. The number of hydrogen-bond acceptors (Lipinski definition) is 2. The van der Waals surface area contributed by atoms with Crippen molar-refractivity contribution in [3.63, 3.8) is 0 Å². The van der Waals surface area contributed by atoms with Crippen molar-refractivity contribution in [1.29, 1.82) is 0 Å². The third kappa shape index (κ3) is 2.99. The van der Waals surface area contributed by atoms with E-state index in [0.29, 0.717) is 6.42 Å². The number of hydrogen-bond donors (Lipinski definition) is 0. The second kappa shape index (κ2) is 4.77. The van der Waals surface area contributed by atoms with Crippen molar-refractivity contribution in [2.45, 2.75) is 25.6 Å². The molecule has 0 aromatic rings. The molecule has 0 aliphatic carbocycles. The molecule has 0 aromatic carbocycles. The summed E-state index contributed by atoms with van der Waals surface area (Å²) in [5.41, 5.74) is 0. The zero-order valence-electron chi connectivity index (χ0n) is 7.77. The molecule has 1 saturated heterocycles. The third-order valence-corrected chi connectivity index (χ3v) is 1.83. The van der Waals surface area contributed by atoms with E-state index in [4.69, 9.17) is 4.74 Å². The minimum atomic E-state index is -0.343. The van der Waals surface area contributed by atoms with Gasteiger partial charge in [-0.05, 0) is 13.0 Å². The van der Waals surface area contributed by atoms with Crippen LogP contribution in [-0.2, 0) is 9.53 Å². The van der Waals surface area contributed by atoms with Gasteiger partial charge in [0.05, 0.1) is 6.10 Å². The Morgan fingerprint density at radius 1 is 1.46 bits per heavy atom. The van der Waals surface area contributed by atoms with Gasteiger partial charge in [-0.3, -0.25) is 4.79 Å². The molecule has 2 nitrogen and oxygen atoms in total. The molecule has 1 aliphatic rings. The fourth-order valence-corrected chi connectivity index (χ4v) is 1.23. The number of ether oxygens (including phenoxy) is 1. The second-order valence-corrected chi connectivity index (χ2v) is 3.04. The first kappa shape index (κ1) is 9.93. The molecule has 0 amide bonds. The first-order valence-corrected chi connectivity index (χ1v) is 4.38. The normalized spacial score (nSPS) is 29.2. The van der Waals surface area contributed by atoms with E-state index in [1.807, 2.05) is 19.1 Å². The van der Waals surface area contributed by atoms with Gasteiger partial charge in [0.2, 0.25) is 0 Å². The predicted molar refractivity (Wildman–Crippen MR) is 52.4 cm³/mol. The van der Waals surface area contributed by atoms with Crippen LogP contribution in [0, 0.1) is 0 Å². The lowest BCUT2D eigenvalue weighted by Crippen LogP contribution is -2.11. The van der Waals surface area contributed by atoms with E-state index in [9.17, 15) is 4.79 Å². The molecule has 1 rings (SSSR count). The van der Waals surface area contributed by atoms with Crippen LogP contribution in [0.1, 0.15) is 13.3 Å². The van der Waals surface area contributed by atoms with Gasteiger partial charge >= 0.3 is 0 Å². The Morgan fingerprint density at radius 2 is 2.23 bits per heavy atom. The molecule has 1 heterocycles. The molecule has 0 aromatic heterocycles. The van der Waals surface area contributed by atoms with Gasteiger partial charge in [0.25, 0.3) is 0 Å². The molecule has 1 fully saturated rings. The molecular weight excluding hydrogens is 164 g/mol. The van der Waals surface area contributed by atoms with E-state index in [1.54, 1.807) is 18.2 Å². The fraction of sp³-hybridized carbons (Fsp3) is 0.364. The number of carbonyl (C=O) groups is 1. The molecule has 2 unspecified atom stereocenters. The number of rotatable bonds is 3. The Labute approximate surface area is 78.6 Å². The summed E-state index contributed by atoms with van der Waals surface area (Å²) in [6.07, 6.45) is 9.14. The van der Waals surface area contributed by atoms with Gasteiger partial charge in [0.1, 0.15) is 6.10 Å². The van der Waals surface area contributed by atoms with Crippen LogP contribution in [-0.4, -0.2) is 18.0 Å². The second-order valence-electron chi connectivity index (χ2n) is 3.04. The van der Waals surface area contributed by atoms with Crippen LogP contribution in [0.2, 0.25) is 0 Å². The smallest absolute Gasteiger partial charge is 0.168 e. The number of ketones is 1. The summed E-state index contributed by atoms with van der Waals surface area (Å²) < 4.78 is 5.36. The average molecular weight is 178 g/mol. The lowest BCUT2D eigenvalue weighted by Gasteiger charge is -2.02. The van der Waals surface area contributed by atoms with Gasteiger partial charge in [-0.15, -0.1) is 0 Å². The van der Waals surface area contributed by atoms with E-state index >= 15 is 0 Å². The predicted octanol–water partition coefficient (Wildman–Crippen LogP) is 2.03. The van der Waals surface area contributed by atoms with E-state index in [2.05, 4.69) is 6.58 Å². The lowest BCUT2D eigenvalue weighted by atomic mass is 10.2. The van der Waals surface area contributed by atoms with Gasteiger partial charge in [0, 0.05) is 6.42 Å². The van der Waals surface area contributed by atoms with Gasteiger partial charge < -0.3 is 4.74 Å². The van der Waals surface area contributed by atoms with Crippen LogP contribution >= 0.6 is 0 Å². The quantitative estimate of drug-likeness (QED) is 0.618. The summed E-state index contributed by atoms with van der Waals surface area (Å²) in [5, 5.41) is 0. The minimum absolute atomic E-state index is 0.0607. The Morgan fingerprint density at radius 3 is 2.77 bits per heavy atom. The van der Waals surface area contributed by atoms with Gasteiger partial charge in [-0.2, -0.15) is 0 Å². The molecule has 2 atom stereocenters. The summed E-state index contributed by atoms with van der Waals surface area (Å²) in [5.74, 6) is 0.163. The minimum Gasteiger partial charge on any atom is -0.363 e. The summed E-state index contributed by atoms with van der Waals surface area (Å²) in [6.45, 7) is 5.45. The molecule has 0 N–H and O–H groups in total. The van der Waals surface area contributed by atoms with Crippen molar-refractivity contribution in [3.8, 4) is 0 Å². The Balaban J connectivity index is 2.45. The standard InChI is InChI=1S/C11H14O2/c1-3-4-5-6-7-11-10(12)8-9(2)13-11/h3-7,9,11H,1,8H2,2H3. The maximum atomic E-state index is 11.2. The molecule has 0 bridgehead atoms. The molecule has 70 valence electrons. The lowest BCUT2D eigenvalue weighted by molar-refractivity contribution is -0.120. The molecule has 13 heavy (non-hydrogen) atoms. The average Bonchev–Trinajstić information content (AvgIpc) is 2.39. The maximum Gasteiger partial charge on any atom is 0.168 e. The Bertz CT molecular complexity index is 251. The third-order valence-electron chi connectivity index (χ3n) is 1.83. The highest BCUT2D eigenvalue weighted by Crippen LogP contribution is 2.16. The summed E-state index contributed by atoms with van der Waals surface area (Å²) in [6, 6.07) is 0. The van der Waals surface area contributed by atoms with Crippen LogP contribution in [0.4, 0.5) is 0 Å². The Hall–Kier alpha value is -1.15. The van der Waals surface area contributed by atoms with Crippen molar-refractivity contribution in [2.24, 2.45) is 0 Å². The maximum absolute atomic E-state index is 11.2. The summed E-state index contributed by atoms with van der Waals surface area (Å²) in [7, 11) is 0. The van der Waals surface area contributed by atoms with E-state index < -0.39 is 0 Å². The highest BCUT2D eigenvalue weighted by molar-refractivity contribution is 5.87. The highest BCUT2D eigenvalue weighted by atomic mass is 16.5. The largest absolute Gasteiger partial charge is 0.363 e. The van der Waals surface area contributed by atoms with Crippen molar-refractivity contribution < 1.29 is 9.53 Å². The van der Waals surface area contributed by atoms with E-state index in [1.165, 1.54) is 0 Å². The van der Waals surface area contributed by atoms with E-state index in [0.717, 1.165) is 0 Å². The van der Waals surface area contributed by atoms with Crippen LogP contribution in [0.3, 0.4) is 0 Å². The summed E-state index contributed by atoms with van der Waals surface area (Å²) in [4.78, 5) is 11.2. The Kier molecular flexibility index (Phi) is 3.65. The van der Waals surface area contributed by atoms with Crippen molar-refractivity contribution in [2.75, 3.05) is 0 Å². The van der Waals surface area contributed by atoms with Gasteiger partial charge in [-0.25, -0.2) is 0 Å².